The molecule has 4 heteroatoms. The lowest BCUT2D eigenvalue weighted by Gasteiger charge is -2.19. The van der Waals surface area contributed by atoms with Gasteiger partial charge in [0, 0.05) is 0 Å². The molecule has 0 spiro atoms. The Bertz CT molecular complexity index is 864. The highest BCUT2D eigenvalue weighted by Crippen LogP contribution is 2.18. The molecule has 1 amide bonds. The van der Waals surface area contributed by atoms with Crippen LogP contribution in [0.5, 0.6) is 0 Å². The van der Waals surface area contributed by atoms with Crippen LogP contribution in [0.15, 0.2) is 91.0 Å². The number of carbonyl (C=O) groups excluding carboxylic acids is 2. The first-order valence-electron chi connectivity index (χ1n) is 8.83. The van der Waals surface area contributed by atoms with Crippen LogP contribution in [0.25, 0.3) is 0 Å². The minimum atomic E-state index is -0.509. The van der Waals surface area contributed by atoms with E-state index in [2.05, 4.69) is 5.32 Å². The van der Waals surface area contributed by atoms with Crippen LogP contribution in [0.4, 0.5) is 0 Å². The zero-order valence-electron chi connectivity index (χ0n) is 14.9. The summed E-state index contributed by atoms with van der Waals surface area (Å²) in [6.45, 7) is -0.314. The van der Waals surface area contributed by atoms with E-state index in [1.807, 2.05) is 66.7 Å². The molecule has 0 saturated carbocycles. The van der Waals surface area contributed by atoms with Gasteiger partial charge in [0.05, 0.1) is 11.6 Å². The Balaban J connectivity index is 1.63. The van der Waals surface area contributed by atoms with Crippen LogP contribution in [-0.2, 0) is 16.0 Å². The summed E-state index contributed by atoms with van der Waals surface area (Å²) in [6.07, 6.45) is 0.656. The van der Waals surface area contributed by atoms with Gasteiger partial charge < -0.3 is 10.1 Å². The normalized spacial score (nSPS) is 11.4. The van der Waals surface area contributed by atoms with Crippen LogP contribution in [0.1, 0.15) is 27.5 Å². The highest BCUT2D eigenvalue weighted by molar-refractivity contribution is 5.91. The van der Waals surface area contributed by atoms with Crippen molar-refractivity contribution in [2.24, 2.45) is 0 Å². The van der Waals surface area contributed by atoms with Crippen molar-refractivity contribution >= 4 is 11.9 Å². The third-order valence-corrected chi connectivity index (χ3v) is 4.16. The molecule has 0 aliphatic rings. The molecule has 27 heavy (non-hydrogen) atoms. The Labute approximate surface area is 158 Å². The van der Waals surface area contributed by atoms with Crippen molar-refractivity contribution in [3.63, 3.8) is 0 Å². The van der Waals surface area contributed by atoms with Gasteiger partial charge in [-0.15, -0.1) is 0 Å². The Kier molecular flexibility index (Phi) is 6.36. The number of hydrogen-bond donors (Lipinski definition) is 1. The van der Waals surface area contributed by atoms with Crippen LogP contribution >= 0.6 is 0 Å². The Morgan fingerprint density at radius 3 is 1.96 bits per heavy atom. The second-order valence-electron chi connectivity index (χ2n) is 6.16. The van der Waals surface area contributed by atoms with E-state index in [0.717, 1.165) is 11.1 Å². The number of hydrogen-bond acceptors (Lipinski definition) is 3. The molecular formula is C23H21NO3. The fraction of sp³-hybridized carbons (Fsp3) is 0.130. The lowest BCUT2D eigenvalue weighted by atomic mass is 9.99. The van der Waals surface area contributed by atoms with Crippen molar-refractivity contribution < 1.29 is 14.3 Å². The number of carbonyl (C=O) groups is 2. The number of ether oxygens (including phenoxy) is 1. The topological polar surface area (TPSA) is 55.4 Å². The molecule has 0 aromatic heterocycles. The lowest BCUT2D eigenvalue weighted by molar-refractivity contribution is -0.125. The van der Waals surface area contributed by atoms with E-state index in [0.29, 0.717) is 12.0 Å². The van der Waals surface area contributed by atoms with E-state index in [-0.39, 0.29) is 18.6 Å². The third-order valence-electron chi connectivity index (χ3n) is 4.16. The zero-order valence-corrected chi connectivity index (χ0v) is 14.9. The Morgan fingerprint density at radius 1 is 0.778 bits per heavy atom. The number of esters is 1. The molecule has 3 aromatic carbocycles. The summed E-state index contributed by atoms with van der Waals surface area (Å²) in [7, 11) is 0. The van der Waals surface area contributed by atoms with Crippen LogP contribution in [0, 0.1) is 0 Å². The molecule has 4 nitrogen and oxygen atoms in total. The van der Waals surface area contributed by atoms with Crippen LogP contribution in [0.3, 0.4) is 0 Å². The second kappa shape index (κ2) is 9.34. The number of benzene rings is 3. The predicted molar refractivity (Wildman–Crippen MR) is 104 cm³/mol. The average Bonchev–Trinajstić information content (AvgIpc) is 2.73. The van der Waals surface area contributed by atoms with Crippen molar-refractivity contribution in [2.75, 3.05) is 6.61 Å². The van der Waals surface area contributed by atoms with Crippen molar-refractivity contribution in [1.29, 1.82) is 0 Å². The maximum absolute atomic E-state index is 12.4. The second-order valence-corrected chi connectivity index (χ2v) is 6.16. The first kappa shape index (κ1) is 18.4. The van der Waals surface area contributed by atoms with Gasteiger partial charge in [-0.3, -0.25) is 4.79 Å². The molecule has 0 aliphatic heterocycles. The highest BCUT2D eigenvalue weighted by atomic mass is 16.5. The van der Waals surface area contributed by atoms with Gasteiger partial charge in [-0.2, -0.15) is 0 Å². The summed E-state index contributed by atoms with van der Waals surface area (Å²) < 4.78 is 5.13. The number of rotatable bonds is 7. The maximum Gasteiger partial charge on any atom is 0.338 e. The molecule has 0 saturated heterocycles. The van der Waals surface area contributed by atoms with Gasteiger partial charge in [0.1, 0.15) is 0 Å². The van der Waals surface area contributed by atoms with E-state index in [1.54, 1.807) is 24.3 Å². The quantitative estimate of drug-likeness (QED) is 0.650. The molecule has 0 radical (unpaired) electrons. The van der Waals surface area contributed by atoms with Crippen LogP contribution < -0.4 is 5.32 Å². The van der Waals surface area contributed by atoms with Crippen molar-refractivity contribution in [1.82, 2.24) is 5.32 Å². The molecule has 0 fully saturated rings. The van der Waals surface area contributed by atoms with Gasteiger partial charge in [-0.25, -0.2) is 4.79 Å². The van der Waals surface area contributed by atoms with Crippen molar-refractivity contribution in [3.8, 4) is 0 Å². The van der Waals surface area contributed by atoms with Gasteiger partial charge in [-0.05, 0) is 29.7 Å². The van der Waals surface area contributed by atoms with Crippen LogP contribution in [0.2, 0.25) is 0 Å². The van der Waals surface area contributed by atoms with E-state index >= 15 is 0 Å². The number of nitrogens with one attached hydrogen (secondary N) is 1. The summed E-state index contributed by atoms with van der Waals surface area (Å²) in [5.74, 6) is -0.839. The Morgan fingerprint density at radius 2 is 1.33 bits per heavy atom. The summed E-state index contributed by atoms with van der Waals surface area (Å²) in [5.41, 5.74) is 2.55. The molecule has 3 rings (SSSR count). The van der Waals surface area contributed by atoms with Crippen LogP contribution in [-0.4, -0.2) is 18.5 Å². The van der Waals surface area contributed by atoms with Crippen molar-refractivity contribution in [2.45, 2.75) is 12.5 Å². The summed E-state index contributed by atoms with van der Waals surface area (Å²) >= 11 is 0. The van der Waals surface area contributed by atoms with E-state index < -0.39 is 5.97 Å². The standard InChI is InChI=1S/C23H21NO3/c25-22(17-27-23(26)20-14-8-3-9-15-20)24-21(19-12-6-2-7-13-19)16-18-10-4-1-5-11-18/h1-15,21H,16-17H2,(H,24,25). The third kappa shape index (κ3) is 5.54. The minimum Gasteiger partial charge on any atom is -0.452 e. The molecule has 1 N–H and O–H groups in total. The molecule has 0 aliphatic carbocycles. The fourth-order valence-corrected chi connectivity index (χ4v) is 2.81. The number of amides is 1. The molecule has 1 atom stereocenters. The van der Waals surface area contributed by atoms with Gasteiger partial charge >= 0.3 is 5.97 Å². The van der Waals surface area contributed by atoms with Gasteiger partial charge in [0.15, 0.2) is 6.61 Å². The highest BCUT2D eigenvalue weighted by Gasteiger charge is 2.17. The molecule has 136 valence electrons. The average molecular weight is 359 g/mol. The summed E-state index contributed by atoms with van der Waals surface area (Å²) in [6, 6.07) is 28.2. The first-order chi connectivity index (χ1) is 13.2. The largest absolute Gasteiger partial charge is 0.452 e. The maximum atomic E-state index is 12.4. The van der Waals surface area contributed by atoms with Gasteiger partial charge in [0.25, 0.3) is 5.91 Å². The molecular weight excluding hydrogens is 338 g/mol. The van der Waals surface area contributed by atoms with Gasteiger partial charge in [-0.1, -0.05) is 78.9 Å². The monoisotopic (exact) mass is 359 g/mol. The lowest BCUT2D eigenvalue weighted by Crippen LogP contribution is -2.33. The summed E-state index contributed by atoms with van der Waals surface area (Å²) in [5, 5.41) is 2.97. The zero-order chi connectivity index (χ0) is 18.9. The molecule has 1 unspecified atom stereocenters. The molecule has 0 heterocycles. The Hall–Kier alpha value is -3.40. The summed E-state index contributed by atoms with van der Waals surface area (Å²) in [4.78, 5) is 24.4. The van der Waals surface area contributed by atoms with E-state index in [1.165, 1.54) is 0 Å². The predicted octanol–water partition coefficient (Wildman–Crippen LogP) is 3.94. The SMILES string of the molecule is O=C(COC(=O)c1ccccc1)NC(Cc1ccccc1)c1ccccc1. The minimum absolute atomic E-state index is 0.198. The molecule has 0 bridgehead atoms. The van der Waals surface area contributed by atoms with Crippen molar-refractivity contribution in [3.05, 3.63) is 108 Å². The first-order valence-corrected chi connectivity index (χ1v) is 8.83. The van der Waals surface area contributed by atoms with Gasteiger partial charge in [0.2, 0.25) is 0 Å². The smallest absolute Gasteiger partial charge is 0.338 e. The fourth-order valence-electron chi connectivity index (χ4n) is 2.81. The van der Waals surface area contributed by atoms with E-state index in [4.69, 9.17) is 4.74 Å². The molecule has 3 aromatic rings. The van der Waals surface area contributed by atoms with E-state index in [9.17, 15) is 9.59 Å².